The van der Waals surface area contributed by atoms with Crippen molar-refractivity contribution >= 4 is 21.4 Å². The fourth-order valence-corrected chi connectivity index (χ4v) is 2.03. The van der Waals surface area contributed by atoms with E-state index in [-0.39, 0.29) is 18.9 Å². The lowest BCUT2D eigenvalue weighted by Crippen LogP contribution is -1.82. The van der Waals surface area contributed by atoms with E-state index in [1.807, 2.05) is 0 Å². The second kappa shape index (κ2) is 3.75. The van der Waals surface area contributed by atoms with E-state index in [0.29, 0.717) is 11.1 Å². The maximum atomic E-state index is 9.42. The minimum Gasteiger partial charge on any atom is -0.506 e. The van der Waals surface area contributed by atoms with Crippen molar-refractivity contribution in [3.63, 3.8) is 0 Å². The minimum absolute atomic E-state index is 0. The molecule has 1 aromatic carbocycles. The van der Waals surface area contributed by atoms with Gasteiger partial charge in [0.05, 0.1) is 7.11 Å². The average Bonchev–Trinajstić information content (AvgIpc) is 2.46. The van der Waals surface area contributed by atoms with E-state index in [2.05, 4.69) is 0 Å². The summed E-state index contributed by atoms with van der Waals surface area (Å²) >= 11 is 1.38. The van der Waals surface area contributed by atoms with Crippen molar-refractivity contribution in [2.75, 3.05) is 7.11 Å². The van der Waals surface area contributed by atoms with Crippen molar-refractivity contribution in [1.82, 2.24) is 0 Å². The van der Waals surface area contributed by atoms with Gasteiger partial charge < -0.3 is 14.9 Å². The first-order valence-electron chi connectivity index (χ1n) is 3.69. The van der Waals surface area contributed by atoms with Crippen molar-refractivity contribution in [3.05, 3.63) is 17.5 Å². The number of aromatic hydroxyl groups is 2. The zero-order valence-electron chi connectivity index (χ0n) is 6.94. The fourth-order valence-electron chi connectivity index (χ4n) is 1.19. The van der Waals surface area contributed by atoms with Crippen LogP contribution in [-0.4, -0.2) is 17.3 Å². The van der Waals surface area contributed by atoms with Crippen molar-refractivity contribution in [2.24, 2.45) is 0 Å². The van der Waals surface area contributed by atoms with Gasteiger partial charge in [0, 0.05) is 21.5 Å². The summed E-state index contributed by atoms with van der Waals surface area (Å²) in [5.41, 5.74) is 0. The highest BCUT2D eigenvalue weighted by Crippen LogP contribution is 2.38. The Morgan fingerprint density at radius 3 is 2.57 bits per heavy atom. The first-order chi connectivity index (χ1) is 6.22. The van der Waals surface area contributed by atoms with Gasteiger partial charge >= 0.3 is 0 Å². The Balaban J connectivity index is 0.000000980. The van der Waals surface area contributed by atoms with Crippen LogP contribution in [0.2, 0.25) is 0 Å². The maximum absolute atomic E-state index is 9.42. The van der Waals surface area contributed by atoms with Crippen LogP contribution in [0.4, 0.5) is 0 Å². The average molecular weight is 212 g/mol. The molecule has 0 aliphatic heterocycles. The van der Waals surface area contributed by atoms with Gasteiger partial charge in [0.2, 0.25) is 0 Å². The van der Waals surface area contributed by atoms with Crippen LogP contribution in [-0.2, 0) is 0 Å². The Kier molecular flexibility index (Phi) is 2.86. The van der Waals surface area contributed by atoms with Crippen LogP contribution in [0.3, 0.4) is 0 Å². The Morgan fingerprint density at radius 1 is 1.21 bits per heavy atom. The third-order valence-corrected chi connectivity index (χ3v) is 2.79. The molecule has 0 atom stereocenters. The fraction of sp³-hybridized carbons (Fsp3) is 0.200. The summed E-state index contributed by atoms with van der Waals surface area (Å²) < 4.78 is 5.76. The molecule has 3 nitrogen and oxygen atoms in total. The number of rotatable bonds is 1. The van der Waals surface area contributed by atoms with E-state index >= 15 is 0 Å². The molecule has 2 aromatic rings. The van der Waals surface area contributed by atoms with E-state index in [1.165, 1.54) is 18.4 Å². The molecule has 1 heterocycles. The van der Waals surface area contributed by atoms with E-state index in [1.54, 1.807) is 17.5 Å². The Labute approximate surface area is 86.2 Å². The molecule has 4 heteroatoms. The number of phenols is 1. The maximum Gasteiger partial charge on any atom is 0.161 e. The van der Waals surface area contributed by atoms with Crippen molar-refractivity contribution in [3.8, 4) is 17.2 Å². The molecule has 1 aromatic heterocycles. The zero-order valence-corrected chi connectivity index (χ0v) is 7.76. The van der Waals surface area contributed by atoms with Gasteiger partial charge in [-0.05, 0) is 6.07 Å². The summed E-state index contributed by atoms with van der Waals surface area (Å²) in [6, 6.07) is 3.20. The highest BCUT2D eigenvalue weighted by atomic mass is 32.1. The molecule has 2 N–H and O–H groups in total. The van der Waals surface area contributed by atoms with Gasteiger partial charge in [-0.2, -0.15) is 0 Å². The number of fused-ring (bicyclic) bond motifs is 1. The van der Waals surface area contributed by atoms with Crippen LogP contribution in [0.15, 0.2) is 17.5 Å². The Bertz CT molecular complexity index is 448. The van der Waals surface area contributed by atoms with Gasteiger partial charge in [-0.15, -0.1) is 11.3 Å². The van der Waals surface area contributed by atoms with Crippen LogP contribution >= 0.6 is 11.3 Å². The summed E-state index contributed by atoms with van der Waals surface area (Å²) in [6.07, 6.45) is 0. The molecule has 0 saturated heterocycles. The van der Waals surface area contributed by atoms with Crippen molar-refractivity contribution < 1.29 is 14.9 Å². The molecule has 0 aliphatic carbocycles. The van der Waals surface area contributed by atoms with Crippen LogP contribution < -0.4 is 4.74 Å². The first kappa shape index (κ1) is 10.7. The number of phenolic OH excluding ortho intramolecular Hbond substituents is 1. The molecule has 0 radical (unpaired) electrons. The number of hydrogen-bond donors (Lipinski definition) is 2. The lowest BCUT2D eigenvalue weighted by atomic mass is 10.2. The Morgan fingerprint density at radius 2 is 1.93 bits per heavy atom. The molecule has 0 fully saturated rings. The van der Waals surface area contributed by atoms with Crippen LogP contribution in [0.5, 0.6) is 17.2 Å². The van der Waals surface area contributed by atoms with Crippen LogP contribution in [0.25, 0.3) is 10.1 Å². The van der Waals surface area contributed by atoms with Crippen LogP contribution in [0.1, 0.15) is 7.43 Å². The van der Waals surface area contributed by atoms with Crippen LogP contribution in [0, 0.1) is 0 Å². The second-order valence-corrected chi connectivity index (χ2v) is 3.55. The van der Waals surface area contributed by atoms with Gasteiger partial charge in [0.25, 0.3) is 0 Å². The third-order valence-electron chi connectivity index (χ3n) is 1.85. The summed E-state index contributed by atoms with van der Waals surface area (Å²) in [5, 5.41) is 21.1. The summed E-state index contributed by atoms with van der Waals surface area (Å²) in [6.45, 7) is 0. The van der Waals surface area contributed by atoms with E-state index in [0.717, 1.165) is 4.70 Å². The predicted molar refractivity (Wildman–Crippen MR) is 58.4 cm³/mol. The van der Waals surface area contributed by atoms with Gasteiger partial charge in [-0.25, -0.2) is 0 Å². The first-order valence-corrected chi connectivity index (χ1v) is 4.57. The third kappa shape index (κ3) is 1.48. The van der Waals surface area contributed by atoms with E-state index < -0.39 is 0 Å². The number of thiophene rings is 1. The van der Waals surface area contributed by atoms with Gasteiger partial charge in [0.1, 0.15) is 5.75 Å². The van der Waals surface area contributed by atoms with Gasteiger partial charge in [-0.3, -0.25) is 0 Å². The normalized spacial score (nSPS) is 9.79. The zero-order chi connectivity index (χ0) is 9.42. The number of hydrogen-bond acceptors (Lipinski definition) is 4. The summed E-state index contributed by atoms with van der Waals surface area (Å²) in [7, 11) is 1.48. The largest absolute Gasteiger partial charge is 0.506 e. The molecule has 0 aliphatic rings. The monoisotopic (exact) mass is 212 g/mol. The molecule has 2 rings (SSSR count). The van der Waals surface area contributed by atoms with Gasteiger partial charge in [-0.1, -0.05) is 7.43 Å². The quantitative estimate of drug-likeness (QED) is 0.764. The summed E-state index contributed by atoms with van der Waals surface area (Å²) in [4.78, 5) is 0. The SMILES string of the molecule is C.COc1cc2c(O)csc2cc1O. The van der Waals surface area contributed by atoms with Gasteiger partial charge in [0.15, 0.2) is 11.5 Å². The topological polar surface area (TPSA) is 49.7 Å². The minimum atomic E-state index is 0. The number of ether oxygens (including phenoxy) is 1. The van der Waals surface area contributed by atoms with E-state index in [4.69, 9.17) is 4.74 Å². The molecule has 0 unspecified atom stereocenters. The molecule has 0 bridgehead atoms. The smallest absolute Gasteiger partial charge is 0.161 e. The number of methoxy groups -OCH3 is 1. The van der Waals surface area contributed by atoms with E-state index in [9.17, 15) is 10.2 Å². The highest BCUT2D eigenvalue weighted by Gasteiger charge is 2.08. The molecule has 0 saturated carbocycles. The molecule has 0 spiro atoms. The standard InChI is InChI=1S/C9H8O3S.CH4/c1-12-8-2-5-7(11)4-13-9(5)3-6(8)10;/h2-4,10-11H,1H3;1H4. The van der Waals surface area contributed by atoms with Crippen molar-refractivity contribution in [2.45, 2.75) is 7.43 Å². The molecular formula is C10H12O3S. The van der Waals surface area contributed by atoms with Crippen molar-refractivity contribution in [1.29, 1.82) is 0 Å². The lowest BCUT2D eigenvalue weighted by Gasteiger charge is -2.02. The molecule has 0 amide bonds. The molecule has 14 heavy (non-hydrogen) atoms. The molecule has 76 valence electrons. The number of benzene rings is 1. The highest BCUT2D eigenvalue weighted by molar-refractivity contribution is 7.17. The predicted octanol–water partition coefficient (Wildman–Crippen LogP) is 2.96. The Hall–Kier alpha value is -1.42. The summed E-state index contributed by atoms with van der Waals surface area (Å²) in [5.74, 6) is 0.691. The molecular weight excluding hydrogens is 200 g/mol. The lowest BCUT2D eigenvalue weighted by molar-refractivity contribution is 0.374. The second-order valence-electron chi connectivity index (χ2n) is 2.64.